The van der Waals surface area contributed by atoms with Crippen molar-refractivity contribution in [3.05, 3.63) is 35.9 Å². The molecular formula is C16H18BrNO. The van der Waals surface area contributed by atoms with Crippen LogP contribution in [0.25, 0.3) is 0 Å². The molecule has 3 heteroatoms. The van der Waals surface area contributed by atoms with Crippen LogP contribution in [0.1, 0.15) is 5.56 Å². The second-order valence-corrected chi connectivity index (χ2v) is 4.59. The van der Waals surface area contributed by atoms with Crippen LogP contribution in [0, 0.1) is 24.2 Å². The lowest BCUT2D eigenvalue weighted by Crippen LogP contribution is -3.00. The maximum Gasteiger partial charge on any atom is 0.142 e. The van der Waals surface area contributed by atoms with Crippen molar-refractivity contribution in [2.75, 3.05) is 39.4 Å². The monoisotopic (exact) mass is 319 g/mol. The molecule has 0 aromatic heterocycles. The Morgan fingerprint density at radius 3 is 2.42 bits per heavy atom. The van der Waals surface area contributed by atoms with Gasteiger partial charge in [0.05, 0.1) is 13.2 Å². The van der Waals surface area contributed by atoms with Crippen LogP contribution >= 0.6 is 0 Å². The topological polar surface area (TPSA) is 9.23 Å². The molecule has 2 rings (SSSR count). The number of nitrogens with zero attached hydrogens (tertiary/aromatic N) is 1. The zero-order valence-corrected chi connectivity index (χ0v) is 12.5. The van der Waals surface area contributed by atoms with Crippen LogP contribution < -0.4 is 17.0 Å². The van der Waals surface area contributed by atoms with Gasteiger partial charge in [-0.05, 0) is 24.0 Å². The normalized spacial score (nSPS) is 16.4. The molecule has 0 N–H and O–H groups in total. The van der Waals surface area contributed by atoms with E-state index in [2.05, 4.69) is 17.8 Å². The summed E-state index contributed by atoms with van der Waals surface area (Å²) in [6.45, 7) is 5.06. The van der Waals surface area contributed by atoms with Gasteiger partial charge >= 0.3 is 0 Å². The molecule has 0 atom stereocenters. The number of halogens is 1. The fourth-order valence-electron chi connectivity index (χ4n) is 2.13. The molecule has 0 bridgehead atoms. The molecule has 0 unspecified atom stereocenters. The second-order valence-electron chi connectivity index (χ2n) is 4.59. The Morgan fingerprint density at radius 2 is 1.79 bits per heavy atom. The molecule has 1 aromatic carbocycles. The molecule has 1 heterocycles. The zero-order chi connectivity index (χ0) is 12.7. The molecule has 1 aliphatic rings. The molecule has 0 radical (unpaired) electrons. The highest BCUT2D eigenvalue weighted by molar-refractivity contribution is 5.33. The number of hydrogen-bond acceptors (Lipinski definition) is 1. The van der Waals surface area contributed by atoms with Crippen molar-refractivity contribution >= 4 is 0 Å². The second kappa shape index (κ2) is 8.02. The zero-order valence-electron chi connectivity index (χ0n) is 10.9. The first kappa shape index (κ1) is 15.8. The molecule has 0 saturated carbocycles. The number of ether oxygens (including phenoxy) is 1. The Balaban J connectivity index is 0.00000180. The summed E-state index contributed by atoms with van der Waals surface area (Å²) in [6.07, 6.45) is 5.47. The summed E-state index contributed by atoms with van der Waals surface area (Å²) >= 11 is 0. The quantitative estimate of drug-likeness (QED) is 0.477. The molecule has 1 fully saturated rings. The van der Waals surface area contributed by atoms with Gasteiger partial charge < -0.3 is 21.7 Å². The predicted molar refractivity (Wildman–Crippen MR) is 72.7 cm³/mol. The average molecular weight is 320 g/mol. The van der Waals surface area contributed by atoms with Gasteiger partial charge in [0, 0.05) is 5.56 Å². The Labute approximate surface area is 126 Å². The summed E-state index contributed by atoms with van der Waals surface area (Å²) in [5.41, 5.74) is 1.06. The van der Waals surface area contributed by atoms with E-state index in [1.807, 2.05) is 30.3 Å². The van der Waals surface area contributed by atoms with Gasteiger partial charge in [0.25, 0.3) is 0 Å². The lowest BCUT2D eigenvalue weighted by Gasteiger charge is -2.38. The first-order chi connectivity index (χ1) is 8.85. The van der Waals surface area contributed by atoms with Gasteiger partial charge in [-0.15, -0.1) is 6.42 Å². The largest absolute Gasteiger partial charge is 1.00 e. The van der Waals surface area contributed by atoms with E-state index in [-0.39, 0.29) is 17.0 Å². The van der Waals surface area contributed by atoms with Gasteiger partial charge in [0.15, 0.2) is 0 Å². The summed E-state index contributed by atoms with van der Waals surface area (Å²) < 4.78 is 6.27. The summed E-state index contributed by atoms with van der Waals surface area (Å²) in [5.74, 6) is 9.24. The first-order valence-corrected chi connectivity index (χ1v) is 6.25. The van der Waals surface area contributed by atoms with Crippen molar-refractivity contribution in [3.8, 4) is 24.2 Å². The third-order valence-electron chi connectivity index (χ3n) is 3.27. The number of hydrogen-bond donors (Lipinski definition) is 0. The number of benzene rings is 1. The molecule has 0 amide bonds. The highest BCUT2D eigenvalue weighted by atomic mass is 79.9. The molecule has 0 aliphatic carbocycles. The van der Waals surface area contributed by atoms with Crippen molar-refractivity contribution < 1.29 is 26.2 Å². The van der Waals surface area contributed by atoms with Gasteiger partial charge in [-0.25, -0.2) is 0 Å². The fraction of sp³-hybridized carbons (Fsp3) is 0.375. The van der Waals surface area contributed by atoms with E-state index in [0.29, 0.717) is 0 Å². The van der Waals surface area contributed by atoms with Gasteiger partial charge in [-0.1, -0.05) is 24.1 Å². The summed E-state index contributed by atoms with van der Waals surface area (Å²) in [6, 6.07) is 10.1. The maximum absolute atomic E-state index is 5.47. The third-order valence-corrected chi connectivity index (χ3v) is 3.27. The maximum atomic E-state index is 5.47. The van der Waals surface area contributed by atoms with Gasteiger partial charge in [0.1, 0.15) is 26.2 Å². The molecule has 2 nitrogen and oxygen atoms in total. The lowest BCUT2D eigenvalue weighted by molar-refractivity contribution is -0.922. The van der Waals surface area contributed by atoms with E-state index >= 15 is 0 Å². The lowest BCUT2D eigenvalue weighted by atomic mass is 10.2. The van der Waals surface area contributed by atoms with Crippen molar-refractivity contribution in [1.29, 1.82) is 0 Å². The average Bonchev–Trinajstić information content (AvgIpc) is 2.41. The summed E-state index contributed by atoms with van der Waals surface area (Å²) in [4.78, 5) is 0. The number of rotatable bonds is 2. The van der Waals surface area contributed by atoms with Crippen LogP contribution in [-0.4, -0.2) is 43.9 Å². The minimum absolute atomic E-state index is 0. The minimum Gasteiger partial charge on any atom is -1.00 e. The van der Waals surface area contributed by atoms with Gasteiger partial charge in [0.2, 0.25) is 0 Å². The molecule has 100 valence electrons. The van der Waals surface area contributed by atoms with Crippen molar-refractivity contribution in [2.24, 2.45) is 0 Å². The third kappa shape index (κ3) is 4.73. The van der Waals surface area contributed by atoms with Crippen LogP contribution in [-0.2, 0) is 4.74 Å². The van der Waals surface area contributed by atoms with Gasteiger partial charge in [-0.3, -0.25) is 4.48 Å². The Morgan fingerprint density at radius 1 is 1.11 bits per heavy atom. The Bertz CT molecular complexity index is 475. The van der Waals surface area contributed by atoms with Crippen molar-refractivity contribution in [2.45, 2.75) is 0 Å². The smallest absolute Gasteiger partial charge is 0.142 e. The predicted octanol–water partition coefficient (Wildman–Crippen LogP) is -1.48. The molecular weight excluding hydrogens is 302 g/mol. The molecule has 0 spiro atoms. The highest BCUT2D eigenvalue weighted by Crippen LogP contribution is 2.10. The van der Waals surface area contributed by atoms with E-state index in [1.165, 1.54) is 0 Å². The van der Waals surface area contributed by atoms with E-state index < -0.39 is 0 Å². The fourth-order valence-corrected chi connectivity index (χ4v) is 2.13. The molecule has 1 aliphatic heterocycles. The van der Waals surface area contributed by atoms with Crippen LogP contribution in [0.4, 0.5) is 0 Å². The minimum atomic E-state index is 0. The van der Waals surface area contributed by atoms with E-state index in [9.17, 15) is 0 Å². The first-order valence-electron chi connectivity index (χ1n) is 6.25. The molecule has 19 heavy (non-hydrogen) atoms. The Hall–Kier alpha value is -1.26. The van der Waals surface area contributed by atoms with E-state index in [4.69, 9.17) is 11.2 Å². The van der Waals surface area contributed by atoms with E-state index in [0.717, 1.165) is 49.4 Å². The molecule has 1 saturated heterocycles. The standard InChI is InChI=1S/C16H18NO.BrH/c1-2-10-17(12-14-18-15-13-17)11-6-9-16-7-4-3-5-8-16;/h1,3-5,7-8H,10-15H2;1H/q+1;/p-1. The highest BCUT2D eigenvalue weighted by Gasteiger charge is 2.28. The van der Waals surface area contributed by atoms with Crippen molar-refractivity contribution in [1.82, 2.24) is 0 Å². The number of terminal acetylenes is 1. The van der Waals surface area contributed by atoms with Gasteiger partial charge in [-0.2, -0.15) is 0 Å². The SMILES string of the molecule is C#CC[N+]1(CC#Cc2ccccc2)CCOCC1.[Br-]. The summed E-state index contributed by atoms with van der Waals surface area (Å²) in [7, 11) is 0. The van der Waals surface area contributed by atoms with Crippen LogP contribution in [0.15, 0.2) is 30.3 Å². The van der Waals surface area contributed by atoms with Crippen molar-refractivity contribution in [3.63, 3.8) is 0 Å². The van der Waals surface area contributed by atoms with Crippen LogP contribution in [0.5, 0.6) is 0 Å². The van der Waals surface area contributed by atoms with E-state index in [1.54, 1.807) is 0 Å². The number of morpholine rings is 1. The Kier molecular flexibility index (Phi) is 6.67. The van der Waals surface area contributed by atoms with Crippen LogP contribution in [0.3, 0.4) is 0 Å². The van der Waals surface area contributed by atoms with Crippen LogP contribution in [0.2, 0.25) is 0 Å². The number of quaternary nitrogens is 1. The molecule has 1 aromatic rings. The summed E-state index contributed by atoms with van der Waals surface area (Å²) in [5, 5.41) is 0.